The number of carbonyl (C=O) groups is 1. The van der Waals surface area contributed by atoms with Crippen LogP contribution in [0, 0.1) is 5.41 Å². The summed E-state index contributed by atoms with van der Waals surface area (Å²) >= 11 is 0. The van der Waals surface area contributed by atoms with Crippen molar-refractivity contribution in [2.24, 2.45) is 5.41 Å². The number of likely N-dealkylation sites (N-methyl/N-ethyl adjacent to an activating group) is 1. The quantitative estimate of drug-likeness (QED) is 0.768. The van der Waals surface area contributed by atoms with Gasteiger partial charge in [0.2, 0.25) is 5.91 Å². The molecule has 0 aromatic rings. The van der Waals surface area contributed by atoms with Crippen LogP contribution < -0.4 is 5.32 Å². The number of hydrogen-bond donors (Lipinski definition) is 1. The van der Waals surface area contributed by atoms with Crippen LogP contribution in [0.25, 0.3) is 0 Å². The summed E-state index contributed by atoms with van der Waals surface area (Å²) in [4.78, 5) is 13.8. The van der Waals surface area contributed by atoms with E-state index in [1.54, 1.807) is 0 Å². The minimum absolute atomic E-state index is 0.250. The molecule has 0 aliphatic carbocycles. The highest BCUT2D eigenvalue weighted by molar-refractivity contribution is 5.78. The van der Waals surface area contributed by atoms with E-state index in [4.69, 9.17) is 0 Å². The number of carbonyl (C=O) groups excluding carboxylic acids is 1. The minimum atomic E-state index is 0.250. The first-order valence-corrected chi connectivity index (χ1v) is 6.04. The molecule has 15 heavy (non-hydrogen) atoms. The lowest BCUT2D eigenvalue weighted by molar-refractivity contribution is -0.133. The summed E-state index contributed by atoms with van der Waals surface area (Å²) in [6.07, 6.45) is 4.87. The van der Waals surface area contributed by atoms with Crippen LogP contribution in [0.3, 0.4) is 0 Å². The Morgan fingerprint density at radius 3 is 2.87 bits per heavy atom. The third kappa shape index (κ3) is 3.49. The lowest BCUT2D eigenvalue weighted by Crippen LogP contribution is -2.47. The third-order valence-electron chi connectivity index (χ3n) is 3.32. The van der Waals surface area contributed by atoms with E-state index in [9.17, 15) is 4.79 Å². The number of piperidine rings is 1. The molecule has 1 heterocycles. The van der Waals surface area contributed by atoms with Crippen LogP contribution in [-0.4, -0.2) is 37.5 Å². The van der Waals surface area contributed by atoms with E-state index < -0.39 is 0 Å². The predicted molar refractivity (Wildman–Crippen MR) is 62.8 cm³/mol. The number of hydrogen-bond acceptors (Lipinski definition) is 2. The molecule has 1 atom stereocenters. The van der Waals surface area contributed by atoms with E-state index in [1.807, 2.05) is 11.9 Å². The third-order valence-corrected chi connectivity index (χ3v) is 3.32. The van der Waals surface area contributed by atoms with E-state index >= 15 is 0 Å². The van der Waals surface area contributed by atoms with Gasteiger partial charge in [-0.3, -0.25) is 4.79 Å². The average molecular weight is 212 g/mol. The molecule has 0 radical (unpaired) electrons. The molecule has 0 bridgehead atoms. The summed E-state index contributed by atoms with van der Waals surface area (Å²) in [5.41, 5.74) is 0.358. The molecule has 1 saturated heterocycles. The number of likely N-dealkylation sites (tertiary alicyclic amines) is 1. The molecule has 0 saturated carbocycles. The highest BCUT2D eigenvalue weighted by atomic mass is 16.2. The van der Waals surface area contributed by atoms with Crippen molar-refractivity contribution in [3.05, 3.63) is 0 Å². The summed E-state index contributed by atoms with van der Waals surface area (Å²) in [7, 11) is 1.83. The van der Waals surface area contributed by atoms with Gasteiger partial charge >= 0.3 is 0 Å². The molecule has 1 N–H and O–H groups in total. The molecule has 3 nitrogen and oxygen atoms in total. The lowest BCUT2D eigenvalue weighted by Gasteiger charge is -2.40. The van der Waals surface area contributed by atoms with Gasteiger partial charge in [-0.2, -0.15) is 0 Å². The maximum Gasteiger partial charge on any atom is 0.236 e. The van der Waals surface area contributed by atoms with Gasteiger partial charge in [-0.05, 0) is 31.7 Å². The molecule has 1 rings (SSSR count). The van der Waals surface area contributed by atoms with Crippen molar-refractivity contribution in [1.82, 2.24) is 10.2 Å². The Morgan fingerprint density at radius 1 is 1.53 bits per heavy atom. The number of amides is 1. The molecule has 1 fully saturated rings. The zero-order valence-electron chi connectivity index (χ0n) is 10.3. The van der Waals surface area contributed by atoms with E-state index in [0.717, 1.165) is 19.5 Å². The Kier molecular flexibility index (Phi) is 4.58. The Labute approximate surface area is 93.2 Å². The van der Waals surface area contributed by atoms with Crippen LogP contribution in [0.15, 0.2) is 0 Å². The molecule has 0 spiro atoms. The number of nitrogens with one attached hydrogen (secondary N) is 1. The monoisotopic (exact) mass is 212 g/mol. The standard InChI is InChI=1S/C12H24N2O/c1-4-6-12(2)7-5-8-14(10-12)11(15)9-13-3/h13H,4-10H2,1-3H3. The first-order valence-electron chi connectivity index (χ1n) is 6.04. The molecule has 1 aliphatic heterocycles. The smallest absolute Gasteiger partial charge is 0.236 e. The van der Waals surface area contributed by atoms with Crippen molar-refractivity contribution in [3.8, 4) is 0 Å². The van der Waals surface area contributed by atoms with Gasteiger partial charge in [0, 0.05) is 13.1 Å². The Bertz CT molecular complexity index is 214. The van der Waals surface area contributed by atoms with Gasteiger partial charge in [0.05, 0.1) is 6.54 Å². The van der Waals surface area contributed by atoms with E-state index in [0.29, 0.717) is 12.0 Å². The molecule has 1 amide bonds. The summed E-state index contributed by atoms with van der Waals surface area (Å²) in [5.74, 6) is 0.250. The Morgan fingerprint density at radius 2 is 2.27 bits per heavy atom. The Hall–Kier alpha value is -0.570. The maximum atomic E-state index is 11.8. The van der Waals surface area contributed by atoms with Crippen molar-refractivity contribution >= 4 is 5.91 Å². The van der Waals surface area contributed by atoms with Crippen molar-refractivity contribution < 1.29 is 4.79 Å². The SMILES string of the molecule is CCCC1(C)CCCN(C(=O)CNC)C1. The molecule has 3 heteroatoms. The number of rotatable bonds is 4. The zero-order chi connectivity index (χ0) is 11.3. The molecule has 1 unspecified atom stereocenters. The first kappa shape index (κ1) is 12.5. The van der Waals surface area contributed by atoms with Gasteiger partial charge < -0.3 is 10.2 Å². The maximum absolute atomic E-state index is 11.8. The second kappa shape index (κ2) is 5.50. The minimum Gasteiger partial charge on any atom is -0.341 e. The van der Waals surface area contributed by atoms with E-state index in [1.165, 1.54) is 19.3 Å². The largest absolute Gasteiger partial charge is 0.341 e. The van der Waals surface area contributed by atoms with Crippen LogP contribution in [0.4, 0.5) is 0 Å². The van der Waals surface area contributed by atoms with Gasteiger partial charge in [-0.25, -0.2) is 0 Å². The van der Waals surface area contributed by atoms with Gasteiger partial charge in [-0.1, -0.05) is 20.3 Å². The van der Waals surface area contributed by atoms with Crippen molar-refractivity contribution in [2.75, 3.05) is 26.7 Å². The highest BCUT2D eigenvalue weighted by Gasteiger charge is 2.31. The van der Waals surface area contributed by atoms with E-state index in [-0.39, 0.29) is 5.91 Å². The second-order valence-electron chi connectivity index (χ2n) is 5.01. The van der Waals surface area contributed by atoms with Gasteiger partial charge in [0.25, 0.3) is 0 Å². The van der Waals surface area contributed by atoms with Gasteiger partial charge in [-0.15, -0.1) is 0 Å². The Balaban J connectivity index is 2.51. The van der Waals surface area contributed by atoms with Crippen LogP contribution in [0.5, 0.6) is 0 Å². The zero-order valence-corrected chi connectivity index (χ0v) is 10.3. The summed E-state index contributed by atoms with van der Waals surface area (Å²) in [5, 5.41) is 2.93. The fourth-order valence-electron chi connectivity index (χ4n) is 2.60. The molecule has 0 aromatic carbocycles. The first-order chi connectivity index (χ1) is 7.11. The van der Waals surface area contributed by atoms with Crippen LogP contribution >= 0.6 is 0 Å². The van der Waals surface area contributed by atoms with Crippen LogP contribution in [-0.2, 0) is 4.79 Å². The summed E-state index contributed by atoms with van der Waals surface area (Å²) in [6, 6.07) is 0. The molecule has 0 aromatic heterocycles. The van der Waals surface area contributed by atoms with Crippen LogP contribution in [0.1, 0.15) is 39.5 Å². The molecule has 1 aliphatic rings. The molecular formula is C12H24N2O. The average Bonchev–Trinajstić information content (AvgIpc) is 2.18. The fraction of sp³-hybridized carbons (Fsp3) is 0.917. The normalized spacial score (nSPS) is 26.7. The second-order valence-corrected chi connectivity index (χ2v) is 5.01. The van der Waals surface area contributed by atoms with Crippen LogP contribution in [0.2, 0.25) is 0 Å². The molecule has 88 valence electrons. The predicted octanol–water partition coefficient (Wildman–Crippen LogP) is 1.63. The topological polar surface area (TPSA) is 32.3 Å². The van der Waals surface area contributed by atoms with Gasteiger partial charge in [0.15, 0.2) is 0 Å². The molecular weight excluding hydrogens is 188 g/mol. The lowest BCUT2D eigenvalue weighted by atomic mass is 9.78. The van der Waals surface area contributed by atoms with E-state index in [2.05, 4.69) is 19.2 Å². The van der Waals surface area contributed by atoms with Crippen molar-refractivity contribution in [3.63, 3.8) is 0 Å². The van der Waals surface area contributed by atoms with Crippen molar-refractivity contribution in [1.29, 1.82) is 0 Å². The van der Waals surface area contributed by atoms with Gasteiger partial charge in [0.1, 0.15) is 0 Å². The van der Waals surface area contributed by atoms with Crippen molar-refractivity contribution in [2.45, 2.75) is 39.5 Å². The summed E-state index contributed by atoms with van der Waals surface area (Å²) < 4.78 is 0. The number of nitrogens with zero attached hydrogens (tertiary/aromatic N) is 1. The fourth-order valence-corrected chi connectivity index (χ4v) is 2.60. The summed E-state index contributed by atoms with van der Waals surface area (Å²) in [6.45, 7) is 6.90. The highest BCUT2D eigenvalue weighted by Crippen LogP contribution is 2.33.